The highest BCUT2D eigenvalue weighted by molar-refractivity contribution is 7.89. The van der Waals surface area contributed by atoms with E-state index in [-0.39, 0.29) is 16.5 Å². The van der Waals surface area contributed by atoms with Crippen LogP contribution in [0.1, 0.15) is 16.7 Å². The first-order chi connectivity index (χ1) is 12.0. The van der Waals surface area contributed by atoms with Crippen LogP contribution in [-0.4, -0.2) is 32.2 Å². The molecule has 0 aliphatic heterocycles. The number of hydrogen-bond acceptors (Lipinski definition) is 3. The van der Waals surface area contributed by atoms with E-state index in [0.29, 0.717) is 21.8 Å². The van der Waals surface area contributed by atoms with Gasteiger partial charge in [-0.1, -0.05) is 40.9 Å². The molecule has 0 aliphatic carbocycles. The third-order valence-corrected chi connectivity index (χ3v) is 6.50. The van der Waals surface area contributed by atoms with Gasteiger partial charge in [-0.3, -0.25) is 4.79 Å². The van der Waals surface area contributed by atoms with E-state index in [9.17, 15) is 13.2 Å². The van der Waals surface area contributed by atoms with E-state index in [2.05, 4.69) is 5.32 Å². The quantitative estimate of drug-likeness (QED) is 0.797. The number of rotatable bonds is 5. The average Bonchev–Trinajstić information content (AvgIpc) is 2.48. The Bertz CT molecular complexity index is 936. The molecule has 26 heavy (non-hydrogen) atoms. The number of carbonyl (C=O) groups excluding carboxylic acids is 1. The van der Waals surface area contributed by atoms with E-state index in [0.717, 1.165) is 9.87 Å². The van der Waals surface area contributed by atoms with Crippen molar-refractivity contribution in [3.05, 3.63) is 57.1 Å². The van der Waals surface area contributed by atoms with Crippen LogP contribution in [0.2, 0.25) is 10.0 Å². The van der Waals surface area contributed by atoms with Crippen molar-refractivity contribution in [2.45, 2.75) is 25.7 Å². The molecular weight excluding hydrogens is 395 g/mol. The van der Waals surface area contributed by atoms with Gasteiger partial charge < -0.3 is 5.32 Å². The van der Waals surface area contributed by atoms with E-state index in [4.69, 9.17) is 23.2 Å². The monoisotopic (exact) mass is 414 g/mol. The van der Waals surface area contributed by atoms with Gasteiger partial charge in [-0.15, -0.1) is 0 Å². The third-order valence-electron chi connectivity index (χ3n) is 3.84. The van der Waals surface area contributed by atoms with Crippen molar-refractivity contribution in [2.75, 3.05) is 18.9 Å². The molecular formula is C18H20Cl2N2O3S. The van der Waals surface area contributed by atoms with Gasteiger partial charge in [0.15, 0.2) is 0 Å². The number of hydrogen-bond donors (Lipinski definition) is 1. The topological polar surface area (TPSA) is 66.5 Å². The normalized spacial score (nSPS) is 11.7. The first-order valence-electron chi connectivity index (χ1n) is 7.81. The SMILES string of the molecule is Cc1cc(C)c(S(=O)(=O)N(C)CC(=O)Nc2ccc(Cl)cc2Cl)c(C)c1. The standard InChI is InChI=1S/C18H20Cl2N2O3S/c1-11-7-12(2)18(13(3)8-11)26(24,25)22(4)10-17(23)21-16-6-5-14(19)9-15(16)20/h5-9H,10H2,1-4H3,(H,21,23). The molecule has 0 saturated heterocycles. The van der Waals surface area contributed by atoms with Crippen LogP contribution in [0.25, 0.3) is 0 Å². The molecule has 0 spiro atoms. The second-order valence-electron chi connectivity index (χ2n) is 6.16. The first-order valence-corrected chi connectivity index (χ1v) is 10.0. The van der Waals surface area contributed by atoms with Crippen molar-refractivity contribution in [2.24, 2.45) is 0 Å². The molecule has 0 atom stereocenters. The van der Waals surface area contributed by atoms with Gasteiger partial charge in [0.05, 0.1) is 22.2 Å². The van der Waals surface area contributed by atoms with Gasteiger partial charge in [0, 0.05) is 12.1 Å². The molecule has 5 nitrogen and oxygen atoms in total. The number of likely N-dealkylation sites (N-methyl/N-ethyl adjacent to an activating group) is 1. The fourth-order valence-electron chi connectivity index (χ4n) is 2.80. The molecule has 140 valence electrons. The maximum absolute atomic E-state index is 12.9. The summed E-state index contributed by atoms with van der Waals surface area (Å²) in [5.74, 6) is -0.497. The molecule has 2 rings (SSSR count). The van der Waals surface area contributed by atoms with Crippen molar-refractivity contribution in [1.82, 2.24) is 4.31 Å². The number of anilines is 1. The molecule has 0 aliphatic rings. The van der Waals surface area contributed by atoms with Crippen molar-refractivity contribution in [3.63, 3.8) is 0 Å². The smallest absolute Gasteiger partial charge is 0.243 e. The lowest BCUT2D eigenvalue weighted by Gasteiger charge is -2.20. The average molecular weight is 415 g/mol. The summed E-state index contributed by atoms with van der Waals surface area (Å²) in [5.41, 5.74) is 2.65. The van der Waals surface area contributed by atoms with Gasteiger partial charge in [0.2, 0.25) is 15.9 Å². The van der Waals surface area contributed by atoms with Crippen molar-refractivity contribution < 1.29 is 13.2 Å². The van der Waals surface area contributed by atoms with Crippen molar-refractivity contribution in [1.29, 1.82) is 0 Å². The van der Waals surface area contributed by atoms with E-state index < -0.39 is 15.9 Å². The summed E-state index contributed by atoms with van der Waals surface area (Å²) in [7, 11) is -2.43. The highest BCUT2D eigenvalue weighted by Crippen LogP contribution is 2.26. The number of nitrogens with zero attached hydrogens (tertiary/aromatic N) is 1. The van der Waals surface area contributed by atoms with Crippen LogP contribution in [0.4, 0.5) is 5.69 Å². The fourth-order valence-corrected chi connectivity index (χ4v) is 4.78. The maximum atomic E-state index is 12.9. The van der Waals surface area contributed by atoms with Crippen LogP contribution in [-0.2, 0) is 14.8 Å². The number of carbonyl (C=O) groups is 1. The van der Waals surface area contributed by atoms with Gasteiger partial charge in [-0.2, -0.15) is 4.31 Å². The Balaban J connectivity index is 2.20. The molecule has 8 heteroatoms. The lowest BCUT2D eigenvalue weighted by molar-refractivity contribution is -0.116. The molecule has 1 amide bonds. The summed E-state index contributed by atoms with van der Waals surface area (Å²) < 4.78 is 26.8. The Morgan fingerprint density at radius 2 is 1.65 bits per heavy atom. The van der Waals surface area contributed by atoms with Crippen LogP contribution in [0.3, 0.4) is 0 Å². The zero-order chi connectivity index (χ0) is 19.6. The molecule has 0 heterocycles. The van der Waals surface area contributed by atoms with E-state index in [1.807, 2.05) is 6.92 Å². The van der Waals surface area contributed by atoms with Crippen LogP contribution in [0, 0.1) is 20.8 Å². The number of sulfonamides is 1. The third kappa shape index (κ3) is 4.57. The minimum absolute atomic E-state index is 0.225. The Kier molecular flexibility index (Phi) is 6.34. The second kappa shape index (κ2) is 7.96. The summed E-state index contributed by atoms with van der Waals surface area (Å²) in [6, 6.07) is 8.26. The van der Waals surface area contributed by atoms with E-state index >= 15 is 0 Å². The summed E-state index contributed by atoms with van der Waals surface area (Å²) in [6.07, 6.45) is 0. The number of benzene rings is 2. The molecule has 0 fully saturated rings. The van der Waals surface area contributed by atoms with Crippen LogP contribution >= 0.6 is 23.2 Å². The molecule has 2 aromatic carbocycles. The predicted molar refractivity (Wildman–Crippen MR) is 106 cm³/mol. The highest BCUT2D eigenvalue weighted by atomic mass is 35.5. The molecule has 1 N–H and O–H groups in total. The lowest BCUT2D eigenvalue weighted by Crippen LogP contribution is -2.35. The zero-order valence-corrected chi connectivity index (χ0v) is 17.3. The molecule has 0 bridgehead atoms. The van der Waals surface area contributed by atoms with Crippen LogP contribution in [0.5, 0.6) is 0 Å². The molecule has 0 unspecified atom stereocenters. The Morgan fingerprint density at radius 1 is 1.08 bits per heavy atom. The molecule has 0 saturated carbocycles. The van der Waals surface area contributed by atoms with Crippen LogP contribution in [0.15, 0.2) is 35.2 Å². The number of aryl methyl sites for hydroxylation is 3. The first kappa shape index (κ1) is 20.7. The zero-order valence-electron chi connectivity index (χ0n) is 14.9. The molecule has 2 aromatic rings. The van der Waals surface area contributed by atoms with Gasteiger partial charge >= 0.3 is 0 Å². The summed E-state index contributed by atoms with van der Waals surface area (Å²) in [5, 5.41) is 3.32. The van der Waals surface area contributed by atoms with E-state index in [1.165, 1.54) is 13.1 Å². The minimum Gasteiger partial charge on any atom is -0.324 e. The van der Waals surface area contributed by atoms with Crippen molar-refractivity contribution >= 4 is 44.8 Å². The summed E-state index contributed by atoms with van der Waals surface area (Å²) in [6.45, 7) is 5.06. The molecule has 0 radical (unpaired) electrons. The maximum Gasteiger partial charge on any atom is 0.243 e. The second-order valence-corrected chi connectivity index (χ2v) is 8.99. The largest absolute Gasteiger partial charge is 0.324 e. The Hall–Kier alpha value is -1.60. The lowest BCUT2D eigenvalue weighted by atomic mass is 10.1. The summed E-state index contributed by atoms with van der Waals surface area (Å²) >= 11 is 11.8. The van der Waals surface area contributed by atoms with Crippen molar-refractivity contribution in [3.8, 4) is 0 Å². The number of halogens is 2. The predicted octanol–water partition coefficient (Wildman–Crippen LogP) is 4.18. The highest BCUT2D eigenvalue weighted by Gasteiger charge is 2.26. The van der Waals surface area contributed by atoms with Crippen LogP contribution < -0.4 is 5.32 Å². The van der Waals surface area contributed by atoms with Gasteiger partial charge in [0.1, 0.15) is 0 Å². The number of amides is 1. The summed E-state index contributed by atoms with van der Waals surface area (Å²) in [4.78, 5) is 12.5. The molecule has 0 aromatic heterocycles. The number of nitrogens with one attached hydrogen (secondary N) is 1. The van der Waals surface area contributed by atoms with Gasteiger partial charge in [-0.25, -0.2) is 8.42 Å². The minimum atomic E-state index is -3.80. The Morgan fingerprint density at radius 3 is 2.19 bits per heavy atom. The fraction of sp³-hybridized carbons (Fsp3) is 0.278. The van der Waals surface area contributed by atoms with Gasteiger partial charge in [-0.05, 0) is 50.1 Å². The van der Waals surface area contributed by atoms with E-state index in [1.54, 1.807) is 38.1 Å². The van der Waals surface area contributed by atoms with Gasteiger partial charge in [0.25, 0.3) is 0 Å². The Labute approximate surface area is 164 Å².